The number of furan rings is 1. The van der Waals surface area contributed by atoms with Crippen LogP contribution in [0.15, 0.2) is 65.3 Å². The highest BCUT2D eigenvalue weighted by Crippen LogP contribution is 2.22. The fourth-order valence-electron chi connectivity index (χ4n) is 2.34. The highest BCUT2D eigenvalue weighted by molar-refractivity contribution is 5.92. The molecular weight excluding hydrogens is 290 g/mol. The van der Waals surface area contributed by atoms with Gasteiger partial charge in [-0.1, -0.05) is 36.4 Å². The second-order valence-electron chi connectivity index (χ2n) is 5.36. The van der Waals surface area contributed by atoms with Crippen LogP contribution in [0.25, 0.3) is 11.1 Å². The molecule has 1 heterocycles. The topological polar surface area (TPSA) is 62.5 Å². The Bertz CT molecular complexity index is 801. The monoisotopic (exact) mass is 307 g/mol. The van der Waals surface area contributed by atoms with Gasteiger partial charge in [-0.25, -0.2) is 0 Å². The summed E-state index contributed by atoms with van der Waals surface area (Å²) in [5.74, 6) is 0.391. The van der Waals surface area contributed by atoms with E-state index in [0.29, 0.717) is 12.3 Å². The third kappa shape index (κ3) is 3.43. The van der Waals surface area contributed by atoms with E-state index in [1.54, 1.807) is 18.2 Å². The van der Waals surface area contributed by atoms with E-state index in [4.69, 9.17) is 4.42 Å². The summed E-state index contributed by atoms with van der Waals surface area (Å²) in [7, 11) is 0. The van der Waals surface area contributed by atoms with E-state index in [-0.39, 0.29) is 11.7 Å². The number of rotatable bonds is 4. The minimum atomic E-state index is -0.213. The number of carbonyl (C=O) groups is 1. The quantitative estimate of drug-likeness (QED) is 0.768. The Labute approximate surface area is 134 Å². The molecule has 0 atom stereocenters. The second kappa shape index (κ2) is 6.40. The van der Waals surface area contributed by atoms with Gasteiger partial charge in [-0.15, -0.1) is 0 Å². The average Bonchev–Trinajstić information content (AvgIpc) is 3.00. The van der Waals surface area contributed by atoms with Crippen LogP contribution in [0.4, 0.5) is 0 Å². The number of aryl methyl sites for hydroxylation is 1. The Balaban J connectivity index is 1.65. The van der Waals surface area contributed by atoms with Crippen LogP contribution in [-0.2, 0) is 6.54 Å². The van der Waals surface area contributed by atoms with Crippen molar-refractivity contribution in [3.63, 3.8) is 0 Å². The fourth-order valence-corrected chi connectivity index (χ4v) is 2.34. The molecular formula is C19H17NO3. The molecule has 0 aliphatic rings. The number of nitrogens with one attached hydrogen (secondary N) is 1. The molecule has 0 fully saturated rings. The Kier molecular flexibility index (Phi) is 4.15. The molecule has 2 aromatic carbocycles. The van der Waals surface area contributed by atoms with Crippen molar-refractivity contribution in [2.75, 3.05) is 0 Å². The van der Waals surface area contributed by atoms with Gasteiger partial charge in [0.25, 0.3) is 5.91 Å². The lowest BCUT2D eigenvalue weighted by atomic mass is 10.0. The zero-order chi connectivity index (χ0) is 16.2. The number of carbonyl (C=O) groups excluding carboxylic acids is 1. The zero-order valence-electron chi connectivity index (χ0n) is 12.7. The third-order valence-corrected chi connectivity index (χ3v) is 3.68. The van der Waals surface area contributed by atoms with Gasteiger partial charge in [0.15, 0.2) is 5.76 Å². The fraction of sp³-hybridized carbons (Fsp3) is 0.105. The maximum atomic E-state index is 12.0. The lowest BCUT2D eigenvalue weighted by Gasteiger charge is -2.06. The lowest BCUT2D eigenvalue weighted by molar-refractivity contribution is 0.0922. The number of aromatic hydroxyl groups is 1. The van der Waals surface area contributed by atoms with E-state index >= 15 is 0 Å². The first kappa shape index (κ1) is 14.9. The molecule has 3 aromatic rings. The Morgan fingerprint density at radius 1 is 1.00 bits per heavy atom. The largest absolute Gasteiger partial charge is 0.508 e. The van der Waals surface area contributed by atoms with Crippen molar-refractivity contribution in [3.8, 4) is 16.9 Å². The highest BCUT2D eigenvalue weighted by Gasteiger charge is 2.11. The van der Waals surface area contributed by atoms with Gasteiger partial charge in [0.05, 0.1) is 6.26 Å². The smallest absolute Gasteiger partial charge is 0.287 e. The van der Waals surface area contributed by atoms with Crippen molar-refractivity contribution in [3.05, 3.63) is 77.7 Å². The summed E-state index contributed by atoms with van der Waals surface area (Å²) in [4.78, 5) is 12.0. The molecule has 0 bridgehead atoms. The number of amides is 1. The molecule has 0 aliphatic heterocycles. The maximum Gasteiger partial charge on any atom is 0.287 e. The Morgan fingerprint density at radius 2 is 1.61 bits per heavy atom. The molecule has 0 saturated carbocycles. The van der Waals surface area contributed by atoms with Crippen LogP contribution >= 0.6 is 0 Å². The standard InChI is InChI=1S/C19H17NO3/c1-13-10-11-23-18(13)19(22)20-12-14-2-4-15(5-3-14)16-6-8-17(21)9-7-16/h2-11,21H,12H2,1H3,(H,20,22). The molecule has 0 saturated heterocycles. The summed E-state index contributed by atoms with van der Waals surface area (Å²) in [5.41, 5.74) is 3.92. The molecule has 4 heteroatoms. The molecule has 0 unspecified atom stereocenters. The molecule has 0 aliphatic carbocycles. The second-order valence-corrected chi connectivity index (χ2v) is 5.36. The molecule has 0 spiro atoms. The number of hydrogen-bond donors (Lipinski definition) is 2. The first-order chi connectivity index (χ1) is 11.1. The van der Waals surface area contributed by atoms with Crippen LogP contribution in [0.1, 0.15) is 21.7 Å². The molecule has 116 valence electrons. The Morgan fingerprint density at radius 3 is 2.17 bits per heavy atom. The lowest BCUT2D eigenvalue weighted by Crippen LogP contribution is -2.22. The summed E-state index contributed by atoms with van der Waals surface area (Å²) in [6, 6.07) is 16.7. The van der Waals surface area contributed by atoms with Gasteiger partial charge in [0, 0.05) is 12.1 Å². The molecule has 23 heavy (non-hydrogen) atoms. The predicted octanol–water partition coefficient (Wildman–Crippen LogP) is 3.89. The minimum absolute atomic E-state index is 0.213. The number of phenols is 1. The van der Waals surface area contributed by atoms with Gasteiger partial charge in [0.2, 0.25) is 0 Å². The molecule has 0 radical (unpaired) electrons. The molecule has 4 nitrogen and oxygen atoms in total. The number of phenolic OH excluding ortho intramolecular Hbond substituents is 1. The van der Waals surface area contributed by atoms with E-state index in [9.17, 15) is 9.90 Å². The van der Waals surface area contributed by atoms with Crippen molar-refractivity contribution in [2.45, 2.75) is 13.5 Å². The Hall–Kier alpha value is -3.01. The summed E-state index contributed by atoms with van der Waals surface area (Å²) in [6.07, 6.45) is 1.51. The highest BCUT2D eigenvalue weighted by atomic mass is 16.3. The summed E-state index contributed by atoms with van der Waals surface area (Å²) in [6.45, 7) is 2.28. The molecule has 1 amide bonds. The van der Waals surface area contributed by atoms with Crippen molar-refractivity contribution in [1.29, 1.82) is 0 Å². The van der Waals surface area contributed by atoms with Gasteiger partial charge >= 0.3 is 0 Å². The summed E-state index contributed by atoms with van der Waals surface area (Å²) in [5, 5.41) is 12.2. The first-order valence-electron chi connectivity index (χ1n) is 7.34. The van der Waals surface area contributed by atoms with Gasteiger partial charge < -0.3 is 14.8 Å². The van der Waals surface area contributed by atoms with Crippen molar-refractivity contribution in [2.24, 2.45) is 0 Å². The first-order valence-corrected chi connectivity index (χ1v) is 7.34. The van der Waals surface area contributed by atoms with Crippen LogP contribution in [0.2, 0.25) is 0 Å². The van der Waals surface area contributed by atoms with E-state index in [1.807, 2.05) is 43.3 Å². The van der Waals surface area contributed by atoms with E-state index < -0.39 is 0 Å². The zero-order valence-corrected chi connectivity index (χ0v) is 12.7. The number of hydrogen-bond acceptors (Lipinski definition) is 3. The normalized spacial score (nSPS) is 10.5. The van der Waals surface area contributed by atoms with Gasteiger partial charge in [-0.05, 0) is 41.8 Å². The average molecular weight is 307 g/mol. The van der Waals surface area contributed by atoms with E-state index in [0.717, 1.165) is 22.3 Å². The molecule has 3 rings (SSSR count). The third-order valence-electron chi connectivity index (χ3n) is 3.68. The van der Waals surface area contributed by atoms with Crippen LogP contribution in [0, 0.1) is 6.92 Å². The van der Waals surface area contributed by atoms with Crippen molar-refractivity contribution >= 4 is 5.91 Å². The molecule has 1 aromatic heterocycles. The van der Waals surface area contributed by atoms with Crippen LogP contribution in [-0.4, -0.2) is 11.0 Å². The van der Waals surface area contributed by atoms with E-state index in [1.165, 1.54) is 6.26 Å². The van der Waals surface area contributed by atoms with Crippen LogP contribution in [0.5, 0.6) is 5.75 Å². The van der Waals surface area contributed by atoms with Crippen molar-refractivity contribution in [1.82, 2.24) is 5.32 Å². The predicted molar refractivity (Wildman–Crippen MR) is 88.2 cm³/mol. The van der Waals surface area contributed by atoms with Gasteiger partial charge in [0.1, 0.15) is 5.75 Å². The minimum Gasteiger partial charge on any atom is -0.508 e. The number of benzene rings is 2. The van der Waals surface area contributed by atoms with Gasteiger partial charge in [-0.2, -0.15) is 0 Å². The molecule has 2 N–H and O–H groups in total. The summed E-state index contributed by atoms with van der Waals surface area (Å²) < 4.78 is 5.17. The van der Waals surface area contributed by atoms with Gasteiger partial charge in [-0.3, -0.25) is 4.79 Å². The van der Waals surface area contributed by atoms with E-state index in [2.05, 4.69) is 5.32 Å². The maximum absolute atomic E-state index is 12.0. The van der Waals surface area contributed by atoms with Crippen molar-refractivity contribution < 1.29 is 14.3 Å². The van der Waals surface area contributed by atoms with Crippen LogP contribution in [0.3, 0.4) is 0 Å². The summed E-state index contributed by atoms with van der Waals surface area (Å²) >= 11 is 0. The SMILES string of the molecule is Cc1ccoc1C(=O)NCc1ccc(-c2ccc(O)cc2)cc1. The van der Waals surface area contributed by atoms with Crippen LogP contribution < -0.4 is 5.32 Å².